The fraction of sp³-hybridized carbons (Fsp3) is 0.591. The predicted molar refractivity (Wildman–Crippen MR) is 123 cm³/mol. The fourth-order valence-electron chi connectivity index (χ4n) is 4.09. The average molecular weight is 467 g/mol. The normalized spacial score (nSPS) is 21.7. The van der Waals surface area contributed by atoms with Crippen molar-refractivity contribution < 1.29 is 24.2 Å². The number of likely N-dealkylation sites (tertiary alicyclic amines) is 1. The van der Waals surface area contributed by atoms with Crippen LogP contribution in [-0.4, -0.2) is 74.7 Å². The van der Waals surface area contributed by atoms with E-state index in [1.165, 1.54) is 4.90 Å². The molecule has 2 aliphatic heterocycles. The van der Waals surface area contributed by atoms with Crippen molar-refractivity contribution >= 4 is 41.4 Å². The maximum absolute atomic E-state index is 13.2. The largest absolute Gasteiger partial charge is 0.480 e. The molecule has 0 aromatic heterocycles. The van der Waals surface area contributed by atoms with Crippen LogP contribution in [0.15, 0.2) is 30.3 Å². The number of esters is 1. The zero-order valence-electron chi connectivity index (χ0n) is 17.9. The van der Waals surface area contributed by atoms with Crippen molar-refractivity contribution in [1.82, 2.24) is 10.2 Å². The van der Waals surface area contributed by atoms with Crippen LogP contribution < -0.4 is 5.32 Å². The van der Waals surface area contributed by atoms with Crippen LogP contribution in [0.25, 0.3) is 0 Å². The number of aryl methyl sites for hydroxylation is 1. The Morgan fingerprint density at radius 3 is 2.55 bits per heavy atom. The Labute approximate surface area is 191 Å². The molecule has 7 nitrogen and oxygen atoms in total. The quantitative estimate of drug-likeness (QED) is 0.536. The summed E-state index contributed by atoms with van der Waals surface area (Å²) in [6.45, 7) is 4.11. The standard InChI is InChI=1S/C22H30N2O5S2/c1-3-29-21(28)17(10-9-16-7-5-4-6-8-16)23-15(2)19(25)24-14-22(30-11-12-31-22)13-18(24)20(26)27/h4-8,15,17-18,23H,3,9-14H2,1-2H3,(H,26,27)/t15-,17?,18-/m0/s1. The first kappa shape index (κ1) is 23.9. The molecular formula is C22H30N2O5S2. The van der Waals surface area contributed by atoms with Gasteiger partial charge in [-0.25, -0.2) is 4.79 Å². The first-order valence-electron chi connectivity index (χ1n) is 10.6. The van der Waals surface area contributed by atoms with Gasteiger partial charge in [0.1, 0.15) is 12.1 Å². The van der Waals surface area contributed by atoms with E-state index >= 15 is 0 Å². The second kappa shape index (κ2) is 10.7. The molecule has 31 heavy (non-hydrogen) atoms. The molecule has 1 unspecified atom stereocenters. The molecule has 0 aliphatic carbocycles. The maximum atomic E-state index is 13.2. The molecular weight excluding hydrogens is 436 g/mol. The van der Waals surface area contributed by atoms with Gasteiger partial charge in [0.2, 0.25) is 5.91 Å². The molecule has 0 bridgehead atoms. The zero-order chi connectivity index (χ0) is 22.4. The van der Waals surface area contributed by atoms with E-state index in [1.54, 1.807) is 37.4 Å². The summed E-state index contributed by atoms with van der Waals surface area (Å²) < 4.78 is 4.98. The van der Waals surface area contributed by atoms with E-state index in [-0.39, 0.29) is 16.6 Å². The van der Waals surface area contributed by atoms with Crippen molar-refractivity contribution in [3.63, 3.8) is 0 Å². The molecule has 1 aromatic rings. The predicted octanol–water partition coefficient (Wildman–Crippen LogP) is 2.39. The third-order valence-electron chi connectivity index (χ3n) is 5.63. The van der Waals surface area contributed by atoms with E-state index < -0.39 is 30.1 Å². The van der Waals surface area contributed by atoms with Crippen LogP contribution in [0.5, 0.6) is 0 Å². The second-order valence-corrected chi connectivity index (χ2v) is 11.1. The van der Waals surface area contributed by atoms with Gasteiger partial charge >= 0.3 is 11.9 Å². The summed E-state index contributed by atoms with van der Waals surface area (Å²) in [6, 6.07) is 7.65. The van der Waals surface area contributed by atoms with Crippen LogP contribution in [0.1, 0.15) is 32.3 Å². The molecule has 1 amide bonds. The Morgan fingerprint density at radius 1 is 1.26 bits per heavy atom. The number of ether oxygens (including phenoxy) is 1. The van der Waals surface area contributed by atoms with Crippen LogP contribution in [0.3, 0.4) is 0 Å². The van der Waals surface area contributed by atoms with Crippen molar-refractivity contribution in [2.75, 3.05) is 24.7 Å². The monoisotopic (exact) mass is 466 g/mol. The van der Waals surface area contributed by atoms with E-state index in [1.807, 2.05) is 30.3 Å². The van der Waals surface area contributed by atoms with E-state index in [0.717, 1.165) is 17.1 Å². The molecule has 0 radical (unpaired) electrons. The second-order valence-electron chi connectivity index (χ2n) is 7.85. The lowest BCUT2D eigenvalue weighted by molar-refractivity contribution is -0.150. The van der Waals surface area contributed by atoms with Crippen molar-refractivity contribution in [2.24, 2.45) is 0 Å². The first-order chi connectivity index (χ1) is 14.8. The Balaban J connectivity index is 1.67. The van der Waals surface area contributed by atoms with Crippen LogP contribution in [-0.2, 0) is 25.5 Å². The number of carboxylic acid groups (broad SMARTS) is 1. The summed E-state index contributed by atoms with van der Waals surface area (Å²) in [4.78, 5) is 39.1. The van der Waals surface area contributed by atoms with Crippen molar-refractivity contribution in [3.8, 4) is 0 Å². The van der Waals surface area contributed by atoms with Gasteiger partial charge in [0.15, 0.2) is 0 Å². The number of aliphatic carboxylic acids is 1. The number of carbonyl (C=O) groups excluding carboxylic acids is 2. The van der Waals surface area contributed by atoms with Gasteiger partial charge in [0.25, 0.3) is 0 Å². The van der Waals surface area contributed by atoms with Gasteiger partial charge in [-0.05, 0) is 32.3 Å². The third-order valence-corrected chi connectivity index (χ3v) is 9.06. The Kier molecular flexibility index (Phi) is 8.30. The molecule has 3 atom stereocenters. The third kappa shape index (κ3) is 5.96. The van der Waals surface area contributed by atoms with Crippen LogP contribution in [0.4, 0.5) is 0 Å². The Bertz CT molecular complexity index is 785. The molecule has 2 aliphatic rings. The minimum atomic E-state index is -0.975. The van der Waals surface area contributed by atoms with Gasteiger partial charge < -0.3 is 14.7 Å². The summed E-state index contributed by atoms with van der Waals surface area (Å²) in [5, 5.41) is 12.8. The van der Waals surface area contributed by atoms with Crippen molar-refractivity contribution in [2.45, 2.75) is 55.3 Å². The highest BCUT2D eigenvalue weighted by molar-refractivity contribution is 8.21. The van der Waals surface area contributed by atoms with Gasteiger partial charge in [-0.15, -0.1) is 23.5 Å². The minimum Gasteiger partial charge on any atom is -0.480 e. The topological polar surface area (TPSA) is 95.9 Å². The van der Waals surface area contributed by atoms with E-state index in [9.17, 15) is 19.5 Å². The van der Waals surface area contributed by atoms with E-state index in [0.29, 0.717) is 25.8 Å². The number of nitrogens with zero attached hydrogens (tertiary/aromatic N) is 1. The van der Waals surface area contributed by atoms with Crippen LogP contribution in [0, 0.1) is 0 Å². The van der Waals surface area contributed by atoms with Gasteiger partial charge in [0, 0.05) is 24.5 Å². The number of nitrogens with one attached hydrogen (secondary N) is 1. The number of thioether (sulfide) groups is 2. The lowest BCUT2D eigenvalue weighted by atomic mass is 10.0. The summed E-state index contributed by atoms with van der Waals surface area (Å²) in [5.41, 5.74) is 1.10. The summed E-state index contributed by atoms with van der Waals surface area (Å²) in [6.07, 6.45) is 1.60. The van der Waals surface area contributed by atoms with Gasteiger partial charge in [-0.3, -0.25) is 14.9 Å². The molecule has 2 N–H and O–H groups in total. The number of amides is 1. The highest BCUT2D eigenvalue weighted by Gasteiger charge is 2.52. The lowest BCUT2D eigenvalue weighted by Crippen LogP contribution is -2.53. The summed E-state index contributed by atoms with van der Waals surface area (Å²) >= 11 is 3.50. The summed E-state index contributed by atoms with van der Waals surface area (Å²) in [7, 11) is 0. The molecule has 170 valence electrons. The van der Waals surface area contributed by atoms with Gasteiger partial charge in [0.05, 0.1) is 16.7 Å². The molecule has 3 rings (SSSR count). The van der Waals surface area contributed by atoms with Crippen LogP contribution >= 0.6 is 23.5 Å². The highest BCUT2D eigenvalue weighted by atomic mass is 32.2. The number of benzene rings is 1. The number of carboxylic acids is 1. The number of hydrogen-bond acceptors (Lipinski definition) is 7. The highest BCUT2D eigenvalue weighted by Crippen LogP contribution is 2.51. The Hall–Kier alpha value is -1.71. The molecule has 0 saturated carbocycles. The summed E-state index contributed by atoms with van der Waals surface area (Å²) in [5.74, 6) is 0.282. The molecule has 9 heteroatoms. The lowest BCUT2D eigenvalue weighted by Gasteiger charge is -2.28. The van der Waals surface area contributed by atoms with E-state index in [4.69, 9.17) is 4.74 Å². The van der Waals surface area contributed by atoms with Gasteiger partial charge in [-0.2, -0.15) is 0 Å². The van der Waals surface area contributed by atoms with Crippen molar-refractivity contribution in [1.29, 1.82) is 0 Å². The number of carbonyl (C=O) groups is 3. The molecule has 1 aromatic carbocycles. The van der Waals surface area contributed by atoms with Crippen molar-refractivity contribution in [3.05, 3.63) is 35.9 Å². The van der Waals surface area contributed by atoms with E-state index in [2.05, 4.69) is 5.32 Å². The molecule has 2 saturated heterocycles. The molecule has 1 spiro atoms. The van der Waals surface area contributed by atoms with Gasteiger partial charge in [-0.1, -0.05) is 30.3 Å². The van der Waals surface area contributed by atoms with Crippen LogP contribution in [0.2, 0.25) is 0 Å². The maximum Gasteiger partial charge on any atom is 0.326 e. The first-order valence-corrected chi connectivity index (χ1v) is 12.6. The Morgan fingerprint density at radius 2 is 1.94 bits per heavy atom. The SMILES string of the molecule is CCOC(=O)C(CCc1ccccc1)N[C@@H](C)C(=O)N1CC2(C[C@H]1C(=O)O)SCCS2. The minimum absolute atomic E-state index is 0.230. The number of rotatable bonds is 9. The smallest absolute Gasteiger partial charge is 0.326 e. The fourth-order valence-corrected chi connectivity index (χ4v) is 7.34. The average Bonchev–Trinajstić information content (AvgIpc) is 3.38. The molecule has 2 fully saturated rings. The molecule has 2 heterocycles. The zero-order valence-corrected chi connectivity index (χ0v) is 19.5. The number of hydrogen-bond donors (Lipinski definition) is 2.